The molecule has 2 aromatic heterocycles. The average molecular weight is 551 g/mol. The molecule has 1 aliphatic rings. The van der Waals surface area contributed by atoms with Crippen LogP contribution in [0.4, 0.5) is 0 Å². The summed E-state index contributed by atoms with van der Waals surface area (Å²) in [6.45, 7) is 6.82. The van der Waals surface area contributed by atoms with Gasteiger partial charge in [-0.2, -0.15) is 8.42 Å². The Morgan fingerprint density at radius 3 is 2.18 bits per heavy atom. The molecule has 5 rings (SSSR count). The lowest BCUT2D eigenvalue weighted by atomic mass is 10.2. The lowest BCUT2D eigenvalue weighted by Gasteiger charge is -2.43. The third-order valence-electron chi connectivity index (χ3n) is 7.15. The van der Waals surface area contributed by atoms with Gasteiger partial charge in [0.25, 0.3) is 18.4 Å². The van der Waals surface area contributed by atoms with Crippen molar-refractivity contribution in [2.24, 2.45) is 0 Å². The predicted molar refractivity (Wildman–Crippen MR) is 152 cm³/mol. The molecule has 1 aliphatic heterocycles. The van der Waals surface area contributed by atoms with E-state index in [2.05, 4.69) is 50.0 Å². The summed E-state index contributed by atoms with van der Waals surface area (Å²) in [5.41, 5.74) is 0.782. The number of aromatic nitrogens is 2. The van der Waals surface area contributed by atoms with Gasteiger partial charge in [-0.1, -0.05) is 81.4 Å². The van der Waals surface area contributed by atoms with E-state index in [9.17, 15) is 8.42 Å². The van der Waals surface area contributed by atoms with Crippen molar-refractivity contribution in [1.82, 2.24) is 9.55 Å². The topological polar surface area (TPSA) is 79.7 Å². The van der Waals surface area contributed by atoms with Crippen molar-refractivity contribution < 1.29 is 21.8 Å². The minimum Gasteiger partial charge on any atom is -0.405 e. The molecule has 0 spiro atoms. The Morgan fingerprint density at radius 2 is 1.61 bits per heavy atom. The maximum atomic E-state index is 12.2. The van der Waals surface area contributed by atoms with Crippen LogP contribution in [0, 0.1) is 0 Å². The van der Waals surface area contributed by atoms with Gasteiger partial charge in [0.2, 0.25) is 0 Å². The number of pyridine rings is 1. The summed E-state index contributed by atoms with van der Waals surface area (Å²) >= 11 is 0. The second kappa shape index (κ2) is 10.4. The van der Waals surface area contributed by atoms with Crippen LogP contribution in [0.15, 0.2) is 91.3 Å². The van der Waals surface area contributed by atoms with E-state index in [0.29, 0.717) is 6.42 Å². The molecule has 0 saturated carbocycles. The summed E-state index contributed by atoms with van der Waals surface area (Å²) in [4.78, 5) is 4.51. The largest absolute Gasteiger partial charge is 0.405 e. The van der Waals surface area contributed by atoms with Gasteiger partial charge >= 0.3 is 0 Å². The number of rotatable bonds is 8. The summed E-state index contributed by atoms with van der Waals surface area (Å²) in [5, 5.41) is 3.06. The average Bonchev–Trinajstić information content (AvgIpc) is 3.48. The fraction of sp³-hybridized carbons (Fsp3) is 0.345. The van der Waals surface area contributed by atoms with Crippen molar-refractivity contribution in [2.75, 3.05) is 12.9 Å². The van der Waals surface area contributed by atoms with Crippen molar-refractivity contribution in [1.29, 1.82) is 0 Å². The fourth-order valence-electron chi connectivity index (χ4n) is 5.53. The second-order valence-corrected chi connectivity index (χ2v) is 16.7. The second-order valence-electron chi connectivity index (χ2n) is 10.8. The molecular formula is C29H34N2O5SSi. The van der Waals surface area contributed by atoms with Gasteiger partial charge in [0.1, 0.15) is 24.1 Å². The molecule has 0 unspecified atom stereocenters. The summed E-state index contributed by atoms with van der Waals surface area (Å²) in [6, 6.07) is 26.5. The fourth-order valence-corrected chi connectivity index (χ4v) is 10.8. The van der Waals surface area contributed by atoms with E-state index >= 15 is 0 Å². The highest BCUT2D eigenvalue weighted by Gasteiger charge is 2.51. The first-order chi connectivity index (χ1) is 18.1. The molecule has 0 radical (unpaired) electrons. The first-order valence-electron chi connectivity index (χ1n) is 12.8. The van der Waals surface area contributed by atoms with Crippen LogP contribution >= 0.6 is 0 Å². The minimum absolute atomic E-state index is 0.191. The molecule has 1 fully saturated rings. The van der Waals surface area contributed by atoms with Gasteiger partial charge in [-0.05, 0) is 33.6 Å². The zero-order valence-corrected chi connectivity index (χ0v) is 24.0. The molecule has 9 heteroatoms. The zero-order chi connectivity index (χ0) is 27.0. The number of fused-ring (bicyclic) bond motifs is 1. The van der Waals surface area contributed by atoms with E-state index in [0.717, 1.165) is 27.7 Å². The van der Waals surface area contributed by atoms with Crippen LogP contribution in [0.2, 0.25) is 5.04 Å². The number of ether oxygens (including phenoxy) is 1. The van der Waals surface area contributed by atoms with Crippen LogP contribution in [-0.2, 0) is 23.5 Å². The zero-order valence-electron chi connectivity index (χ0n) is 22.2. The van der Waals surface area contributed by atoms with Crippen molar-refractivity contribution >= 4 is 39.8 Å². The van der Waals surface area contributed by atoms with Gasteiger partial charge in [0, 0.05) is 24.2 Å². The smallest absolute Gasteiger partial charge is 0.264 e. The molecule has 3 atom stereocenters. The third-order valence-corrected chi connectivity index (χ3v) is 12.7. The first-order valence-corrected chi connectivity index (χ1v) is 16.5. The minimum atomic E-state index is -3.71. The predicted octanol–water partition coefficient (Wildman–Crippen LogP) is 4.25. The monoisotopic (exact) mass is 550 g/mol. The van der Waals surface area contributed by atoms with Crippen LogP contribution in [0.25, 0.3) is 11.0 Å². The Morgan fingerprint density at radius 1 is 0.974 bits per heavy atom. The lowest BCUT2D eigenvalue weighted by Crippen LogP contribution is -2.67. The van der Waals surface area contributed by atoms with Crippen LogP contribution in [0.3, 0.4) is 0 Å². The summed E-state index contributed by atoms with van der Waals surface area (Å²) in [6.07, 6.45) is 3.40. The van der Waals surface area contributed by atoms with Crippen LogP contribution in [-0.4, -0.2) is 51.4 Å². The molecule has 1 saturated heterocycles. The van der Waals surface area contributed by atoms with Crippen LogP contribution in [0.5, 0.6) is 0 Å². The summed E-state index contributed by atoms with van der Waals surface area (Å²) < 4.78 is 45.5. The highest BCUT2D eigenvalue weighted by atomic mass is 32.2. The maximum absolute atomic E-state index is 12.2. The third kappa shape index (κ3) is 5.21. The highest BCUT2D eigenvalue weighted by Crippen LogP contribution is 2.39. The molecule has 0 aliphatic carbocycles. The standard InChI is InChI=1S/C29H34N2O5SSi/c1-29(2,3)38(23-13-7-5-8-14-23,24-15-9-6-10-16-24)34-21-26-25(36-37(4,32)33)20-27(35-26)31-19-17-22-12-11-18-30-28(22)31/h5-19,25-27H,20-21H2,1-4H3/t25-,26+,27+/m0/s1. The molecule has 3 heterocycles. The molecule has 0 N–H and O–H groups in total. The summed E-state index contributed by atoms with van der Waals surface area (Å²) in [7, 11) is -6.55. The van der Waals surface area contributed by atoms with E-state index in [4.69, 9.17) is 13.3 Å². The van der Waals surface area contributed by atoms with E-state index in [-0.39, 0.29) is 11.6 Å². The molecule has 2 aromatic carbocycles. The quantitative estimate of drug-likeness (QED) is 0.241. The van der Waals surface area contributed by atoms with E-state index in [1.54, 1.807) is 6.20 Å². The van der Waals surface area contributed by atoms with Crippen molar-refractivity contribution in [3.63, 3.8) is 0 Å². The molecule has 0 bridgehead atoms. The Hall–Kier alpha value is -2.82. The Bertz CT molecular complexity index is 1450. The van der Waals surface area contributed by atoms with E-state index < -0.39 is 36.9 Å². The Balaban J connectivity index is 1.51. The van der Waals surface area contributed by atoms with Crippen molar-refractivity contribution in [2.45, 2.75) is 50.7 Å². The number of nitrogens with zero attached hydrogens (tertiary/aromatic N) is 2. The van der Waals surface area contributed by atoms with Crippen LogP contribution < -0.4 is 10.4 Å². The highest BCUT2D eigenvalue weighted by molar-refractivity contribution is 7.86. The van der Waals surface area contributed by atoms with Gasteiger partial charge in [-0.25, -0.2) is 4.98 Å². The first kappa shape index (κ1) is 26.8. The van der Waals surface area contributed by atoms with Crippen molar-refractivity contribution in [3.8, 4) is 0 Å². The number of hydrogen-bond donors (Lipinski definition) is 0. The SMILES string of the molecule is CC(C)(C)[Si](OC[C@H]1O[C@@H](n2ccc3cccnc32)C[C@@H]1OS(C)(=O)=O)(c1ccccc1)c1ccccc1. The molecule has 38 heavy (non-hydrogen) atoms. The van der Waals surface area contributed by atoms with Gasteiger partial charge in [-0.3, -0.25) is 4.18 Å². The van der Waals surface area contributed by atoms with Crippen LogP contribution in [0.1, 0.15) is 33.4 Å². The lowest BCUT2D eigenvalue weighted by molar-refractivity contribution is -0.0348. The molecular weight excluding hydrogens is 516 g/mol. The molecule has 0 amide bonds. The van der Waals surface area contributed by atoms with E-state index in [1.165, 1.54) is 0 Å². The molecule has 7 nitrogen and oxygen atoms in total. The maximum Gasteiger partial charge on any atom is 0.264 e. The van der Waals surface area contributed by atoms with E-state index in [1.807, 2.05) is 65.4 Å². The molecule has 4 aromatic rings. The number of benzene rings is 2. The van der Waals surface area contributed by atoms with Crippen molar-refractivity contribution in [3.05, 3.63) is 91.3 Å². The number of hydrogen-bond acceptors (Lipinski definition) is 6. The normalized spacial score (nSPS) is 20.7. The Kier molecular flexibility index (Phi) is 7.32. The van der Waals surface area contributed by atoms with Gasteiger partial charge < -0.3 is 13.7 Å². The Labute approximate surface area is 225 Å². The van der Waals surface area contributed by atoms with Gasteiger partial charge in [-0.15, -0.1) is 0 Å². The summed E-state index contributed by atoms with van der Waals surface area (Å²) in [5.74, 6) is 0. The van der Waals surface area contributed by atoms with Gasteiger partial charge in [0.05, 0.1) is 12.9 Å². The molecule has 200 valence electrons. The van der Waals surface area contributed by atoms with Gasteiger partial charge in [0.15, 0.2) is 0 Å².